The lowest BCUT2D eigenvalue weighted by Gasteiger charge is -2.26. The fraction of sp³-hybridized carbons (Fsp3) is 0.524. The normalized spacial score (nSPS) is 16.9. The number of benzene rings is 1. The zero-order chi connectivity index (χ0) is 19.2. The number of ether oxygens (including phenoxy) is 1. The van der Waals surface area contributed by atoms with Crippen molar-refractivity contribution in [3.05, 3.63) is 47.8 Å². The Morgan fingerprint density at radius 3 is 2.59 bits per heavy atom. The van der Waals surface area contributed by atoms with Crippen LogP contribution in [0.3, 0.4) is 0 Å². The van der Waals surface area contributed by atoms with E-state index in [2.05, 4.69) is 28.5 Å². The predicted octanol–water partition coefficient (Wildman–Crippen LogP) is 2.90. The van der Waals surface area contributed by atoms with Crippen LogP contribution in [0.25, 0.3) is 0 Å². The number of rotatable bonds is 7. The van der Waals surface area contributed by atoms with E-state index >= 15 is 0 Å². The van der Waals surface area contributed by atoms with Gasteiger partial charge >= 0.3 is 0 Å². The summed E-state index contributed by atoms with van der Waals surface area (Å²) >= 11 is 0. The summed E-state index contributed by atoms with van der Waals surface area (Å²) in [6, 6.07) is 9.38. The molecule has 1 atom stereocenters. The van der Waals surface area contributed by atoms with E-state index in [1.54, 1.807) is 7.11 Å². The molecule has 1 aliphatic rings. The molecule has 0 aliphatic carbocycles. The van der Waals surface area contributed by atoms with Crippen molar-refractivity contribution < 1.29 is 9.53 Å². The maximum absolute atomic E-state index is 13.1. The van der Waals surface area contributed by atoms with E-state index in [9.17, 15) is 4.79 Å². The van der Waals surface area contributed by atoms with E-state index in [1.165, 1.54) is 0 Å². The van der Waals surface area contributed by atoms with Gasteiger partial charge in [-0.05, 0) is 62.3 Å². The maximum Gasteiger partial charge on any atom is 0.254 e. The van der Waals surface area contributed by atoms with Gasteiger partial charge in [-0.15, -0.1) is 0 Å². The first kappa shape index (κ1) is 19.4. The molecule has 0 radical (unpaired) electrons. The van der Waals surface area contributed by atoms with E-state index in [0.29, 0.717) is 18.0 Å². The first-order chi connectivity index (χ1) is 13.1. The lowest BCUT2D eigenvalue weighted by molar-refractivity contribution is 0.0714. The molecule has 0 bridgehead atoms. The van der Waals surface area contributed by atoms with Crippen molar-refractivity contribution in [1.82, 2.24) is 19.6 Å². The van der Waals surface area contributed by atoms with Crippen molar-refractivity contribution in [2.45, 2.75) is 33.4 Å². The Morgan fingerprint density at radius 2 is 1.93 bits per heavy atom. The molecule has 0 saturated carbocycles. The van der Waals surface area contributed by atoms with E-state index in [1.807, 2.05) is 41.4 Å². The molecule has 0 unspecified atom stereocenters. The van der Waals surface area contributed by atoms with Crippen LogP contribution < -0.4 is 4.74 Å². The number of amides is 1. The fourth-order valence-electron chi connectivity index (χ4n) is 3.69. The third-order valence-corrected chi connectivity index (χ3v) is 5.44. The summed E-state index contributed by atoms with van der Waals surface area (Å²) in [5.74, 6) is 1.23. The van der Waals surface area contributed by atoms with Gasteiger partial charge in [0.2, 0.25) is 0 Å². The maximum atomic E-state index is 13.1. The Labute approximate surface area is 161 Å². The highest BCUT2D eigenvalue weighted by atomic mass is 16.5. The van der Waals surface area contributed by atoms with E-state index < -0.39 is 0 Å². The molecule has 3 rings (SSSR count). The second-order valence-electron chi connectivity index (χ2n) is 7.10. The average molecular weight is 370 g/mol. The van der Waals surface area contributed by atoms with Gasteiger partial charge in [0.1, 0.15) is 5.75 Å². The molecule has 146 valence electrons. The summed E-state index contributed by atoms with van der Waals surface area (Å²) in [4.78, 5) is 17.5. The van der Waals surface area contributed by atoms with Crippen molar-refractivity contribution in [1.29, 1.82) is 0 Å². The molecule has 0 saturated heterocycles. The molecule has 2 heterocycles. The zero-order valence-electron chi connectivity index (χ0n) is 16.6. The molecule has 27 heavy (non-hydrogen) atoms. The summed E-state index contributed by atoms with van der Waals surface area (Å²) in [7, 11) is 1.63. The molecule has 6 nitrogen and oxygen atoms in total. The van der Waals surface area contributed by atoms with Gasteiger partial charge in [0.25, 0.3) is 5.91 Å². The quantitative estimate of drug-likeness (QED) is 0.752. The molecule has 1 aliphatic heterocycles. The lowest BCUT2D eigenvalue weighted by atomic mass is 10.0. The molecule has 0 spiro atoms. The first-order valence-electron chi connectivity index (χ1n) is 9.81. The Kier molecular flexibility index (Phi) is 6.50. The molecular weight excluding hydrogens is 340 g/mol. The number of hydrogen-bond acceptors (Lipinski definition) is 4. The smallest absolute Gasteiger partial charge is 0.254 e. The standard InChI is InChI=1S/C21H30N4O2/c1-4-23(5-2)13-11-17-14-24(16-19-10-12-22-25(19)15-17)21(26)18-6-8-20(27-3)9-7-18/h6-10,12,17H,4-5,11,13-16H2,1-3H3/t17-/m0/s1. The summed E-state index contributed by atoms with van der Waals surface area (Å²) in [6.07, 6.45) is 2.89. The number of fused-ring (bicyclic) bond motifs is 1. The van der Waals surface area contributed by atoms with Crippen molar-refractivity contribution in [2.24, 2.45) is 5.92 Å². The summed E-state index contributed by atoms with van der Waals surface area (Å²) in [5, 5.41) is 4.47. The van der Waals surface area contributed by atoms with Gasteiger partial charge in [-0.1, -0.05) is 13.8 Å². The number of carbonyl (C=O) groups is 1. The van der Waals surface area contributed by atoms with Crippen LogP contribution in [0.4, 0.5) is 0 Å². The van der Waals surface area contributed by atoms with E-state index in [4.69, 9.17) is 4.74 Å². The average Bonchev–Trinajstić information content (AvgIpc) is 3.06. The highest BCUT2D eigenvalue weighted by Gasteiger charge is 2.26. The zero-order valence-corrected chi connectivity index (χ0v) is 16.6. The van der Waals surface area contributed by atoms with E-state index in [-0.39, 0.29) is 5.91 Å². The summed E-state index contributed by atoms with van der Waals surface area (Å²) in [6.45, 7) is 9.80. The van der Waals surface area contributed by atoms with Crippen LogP contribution in [0.15, 0.2) is 36.5 Å². The van der Waals surface area contributed by atoms with Gasteiger partial charge in [0.05, 0.1) is 19.3 Å². The Hall–Kier alpha value is -2.34. The van der Waals surface area contributed by atoms with Crippen molar-refractivity contribution in [3.63, 3.8) is 0 Å². The van der Waals surface area contributed by atoms with Gasteiger partial charge in [-0.25, -0.2) is 0 Å². The van der Waals surface area contributed by atoms with Gasteiger partial charge in [0.15, 0.2) is 0 Å². The highest BCUT2D eigenvalue weighted by molar-refractivity contribution is 5.94. The van der Waals surface area contributed by atoms with Crippen LogP contribution in [0.2, 0.25) is 0 Å². The second kappa shape index (κ2) is 9.04. The number of aromatic nitrogens is 2. The minimum atomic E-state index is 0.0696. The Morgan fingerprint density at radius 1 is 1.19 bits per heavy atom. The van der Waals surface area contributed by atoms with Crippen molar-refractivity contribution >= 4 is 5.91 Å². The monoisotopic (exact) mass is 370 g/mol. The Bertz CT molecular complexity index is 737. The second-order valence-corrected chi connectivity index (χ2v) is 7.10. The van der Waals surface area contributed by atoms with Crippen LogP contribution in [0.5, 0.6) is 5.75 Å². The summed E-state index contributed by atoms with van der Waals surface area (Å²) < 4.78 is 7.27. The number of nitrogens with zero attached hydrogens (tertiary/aromatic N) is 4. The van der Waals surface area contributed by atoms with Gasteiger partial charge in [0, 0.05) is 24.8 Å². The van der Waals surface area contributed by atoms with E-state index in [0.717, 1.165) is 50.6 Å². The van der Waals surface area contributed by atoms with Crippen LogP contribution in [-0.2, 0) is 13.1 Å². The summed E-state index contributed by atoms with van der Waals surface area (Å²) in [5.41, 5.74) is 1.80. The SMILES string of the molecule is CCN(CC)CC[C@H]1CN(C(=O)c2ccc(OC)cc2)Cc2ccnn2C1. The minimum absolute atomic E-state index is 0.0696. The predicted molar refractivity (Wildman–Crippen MR) is 106 cm³/mol. The fourth-order valence-corrected chi connectivity index (χ4v) is 3.69. The van der Waals surface area contributed by atoms with Crippen molar-refractivity contribution in [3.8, 4) is 5.75 Å². The molecule has 1 aromatic heterocycles. The molecule has 1 aromatic carbocycles. The molecule has 0 N–H and O–H groups in total. The highest BCUT2D eigenvalue weighted by Crippen LogP contribution is 2.21. The van der Waals surface area contributed by atoms with Gasteiger partial charge < -0.3 is 14.5 Å². The molecule has 2 aromatic rings. The molecular formula is C21H30N4O2. The molecule has 6 heteroatoms. The topological polar surface area (TPSA) is 50.6 Å². The van der Waals surface area contributed by atoms with Crippen molar-refractivity contribution in [2.75, 3.05) is 33.3 Å². The largest absolute Gasteiger partial charge is 0.497 e. The molecule has 1 amide bonds. The van der Waals surface area contributed by atoms with Gasteiger partial charge in [-0.3, -0.25) is 9.48 Å². The third-order valence-electron chi connectivity index (χ3n) is 5.44. The molecule has 0 fully saturated rings. The first-order valence-corrected chi connectivity index (χ1v) is 9.81. The Balaban J connectivity index is 1.75. The number of hydrogen-bond donors (Lipinski definition) is 0. The van der Waals surface area contributed by atoms with Crippen LogP contribution in [0, 0.1) is 5.92 Å². The number of methoxy groups -OCH3 is 1. The van der Waals surface area contributed by atoms with Crippen LogP contribution in [0.1, 0.15) is 36.3 Å². The third kappa shape index (κ3) is 4.69. The lowest BCUT2D eigenvalue weighted by Crippen LogP contribution is -2.35. The number of carbonyl (C=O) groups excluding carboxylic acids is 1. The van der Waals surface area contributed by atoms with Crippen LogP contribution in [-0.4, -0.2) is 58.8 Å². The minimum Gasteiger partial charge on any atom is -0.497 e. The van der Waals surface area contributed by atoms with Crippen LogP contribution >= 0.6 is 0 Å². The van der Waals surface area contributed by atoms with Gasteiger partial charge in [-0.2, -0.15) is 5.10 Å².